The van der Waals surface area contributed by atoms with E-state index in [0.29, 0.717) is 23.4 Å². The van der Waals surface area contributed by atoms with Crippen LogP contribution in [0.1, 0.15) is 49.4 Å². The van der Waals surface area contributed by atoms with E-state index in [4.69, 9.17) is 25.8 Å². The minimum Gasteiger partial charge on any atom is -0.496 e. The summed E-state index contributed by atoms with van der Waals surface area (Å²) in [4.78, 5) is 40.6. The molecule has 0 aromatic heterocycles. The van der Waals surface area contributed by atoms with Gasteiger partial charge in [-0.2, -0.15) is 0 Å². The van der Waals surface area contributed by atoms with E-state index in [9.17, 15) is 14.4 Å². The molecule has 2 aliphatic carbocycles. The van der Waals surface area contributed by atoms with Crippen LogP contribution in [0.5, 0.6) is 17.2 Å². The number of carbonyl (C=O) groups is 3. The lowest BCUT2D eigenvalue weighted by molar-refractivity contribution is -0.132. The summed E-state index contributed by atoms with van der Waals surface area (Å²) in [5, 5.41) is 3.04. The van der Waals surface area contributed by atoms with E-state index in [1.54, 1.807) is 6.92 Å². The fourth-order valence-corrected chi connectivity index (χ4v) is 6.08. The monoisotopic (exact) mass is 471 g/mol. The summed E-state index contributed by atoms with van der Waals surface area (Å²) in [5.74, 6) is -0.861. The molecule has 33 heavy (non-hydrogen) atoms. The molecule has 1 aromatic rings. The zero-order valence-electron chi connectivity index (χ0n) is 18.8. The number of halogens is 1. The van der Waals surface area contributed by atoms with Gasteiger partial charge in [0.2, 0.25) is 23.1 Å². The van der Waals surface area contributed by atoms with Crippen molar-refractivity contribution in [2.24, 2.45) is 17.8 Å². The third-order valence-corrected chi connectivity index (χ3v) is 7.83. The number of ether oxygens (including phenoxy) is 3. The van der Waals surface area contributed by atoms with Crippen LogP contribution in [0.4, 0.5) is 0 Å². The Bertz CT molecular complexity index is 1140. The maximum Gasteiger partial charge on any atom is 0.236 e. The fraction of sp³-hybridized carbons (Fsp3) is 0.480. The molecule has 4 atom stereocenters. The van der Waals surface area contributed by atoms with Crippen molar-refractivity contribution < 1.29 is 28.6 Å². The molecule has 0 saturated carbocycles. The zero-order valence-corrected chi connectivity index (χ0v) is 19.6. The minimum atomic E-state index is -1.74. The first-order chi connectivity index (χ1) is 15.8. The first-order valence-electron chi connectivity index (χ1n) is 11.2. The number of hydrogen-bond donors (Lipinski definition) is 1. The molecule has 0 saturated heterocycles. The number of benzene rings is 1. The third-order valence-electron chi connectivity index (χ3n) is 7.48. The molecular weight excluding hydrogens is 446 g/mol. The molecule has 8 heteroatoms. The number of rotatable bonds is 3. The van der Waals surface area contributed by atoms with Crippen LogP contribution < -0.4 is 19.5 Å². The number of hydrogen-bond acceptors (Lipinski definition) is 6. The highest BCUT2D eigenvalue weighted by Crippen LogP contribution is 2.55. The predicted molar refractivity (Wildman–Crippen MR) is 121 cm³/mol. The maximum absolute atomic E-state index is 14.2. The van der Waals surface area contributed by atoms with Crippen molar-refractivity contribution in [3.05, 3.63) is 40.1 Å². The highest BCUT2D eigenvalue weighted by molar-refractivity contribution is 6.36. The lowest BCUT2D eigenvalue weighted by atomic mass is 9.64. The Labute approximate surface area is 197 Å². The SMILES string of the molecule is COc1cc(OC)c2c(c1Cl)O[C@@]1(C(=O)C3=C(C[C@H]1C)NC(=O)C[C@@H]3[C@H]1CC=CCC1)C2=O. The van der Waals surface area contributed by atoms with Crippen LogP contribution in [0.2, 0.25) is 5.02 Å². The second kappa shape index (κ2) is 7.90. The van der Waals surface area contributed by atoms with Crippen LogP contribution in [0, 0.1) is 17.8 Å². The molecule has 0 bridgehead atoms. The Morgan fingerprint density at radius 1 is 1.09 bits per heavy atom. The number of allylic oxidation sites excluding steroid dienone is 3. The van der Waals surface area contributed by atoms with Gasteiger partial charge in [0.25, 0.3) is 0 Å². The van der Waals surface area contributed by atoms with Crippen LogP contribution in [-0.2, 0) is 9.59 Å². The summed E-state index contributed by atoms with van der Waals surface area (Å²) in [6.07, 6.45) is 7.42. The van der Waals surface area contributed by atoms with Gasteiger partial charge >= 0.3 is 0 Å². The molecule has 1 spiro atoms. The van der Waals surface area contributed by atoms with E-state index in [1.165, 1.54) is 20.3 Å². The molecule has 2 heterocycles. The second-order valence-corrected chi connectivity index (χ2v) is 9.57. The first kappa shape index (κ1) is 22.0. The predicted octanol–water partition coefficient (Wildman–Crippen LogP) is 4.03. The number of fused-ring (bicyclic) bond motifs is 1. The summed E-state index contributed by atoms with van der Waals surface area (Å²) in [6.45, 7) is 1.79. The second-order valence-electron chi connectivity index (χ2n) is 9.20. The van der Waals surface area contributed by atoms with E-state index < -0.39 is 17.3 Å². The van der Waals surface area contributed by atoms with Crippen LogP contribution in [0.3, 0.4) is 0 Å². The molecule has 1 amide bonds. The van der Waals surface area contributed by atoms with Crippen LogP contribution in [0.25, 0.3) is 0 Å². The molecule has 2 aliphatic heterocycles. The van der Waals surface area contributed by atoms with Gasteiger partial charge in [0.05, 0.1) is 14.2 Å². The Kier molecular flexibility index (Phi) is 5.27. The van der Waals surface area contributed by atoms with Crippen molar-refractivity contribution in [1.29, 1.82) is 0 Å². The van der Waals surface area contributed by atoms with Gasteiger partial charge in [-0.15, -0.1) is 0 Å². The van der Waals surface area contributed by atoms with Crippen molar-refractivity contribution in [1.82, 2.24) is 5.32 Å². The van der Waals surface area contributed by atoms with E-state index in [0.717, 1.165) is 19.3 Å². The van der Waals surface area contributed by atoms with E-state index >= 15 is 0 Å². The Morgan fingerprint density at radius 2 is 1.85 bits per heavy atom. The summed E-state index contributed by atoms with van der Waals surface area (Å²) in [7, 11) is 2.90. The van der Waals surface area contributed by atoms with Crippen LogP contribution in [-0.4, -0.2) is 37.3 Å². The zero-order chi connectivity index (χ0) is 23.5. The highest BCUT2D eigenvalue weighted by Gasteiger charge is 2.63. The van der Waals surface area contributed by atoms with Crippen molar-refractivity contribution in [2.75, 3.05) is 14.2 Å². The van der Waals surface area contributed by atoms with Gasteiger partial charge in [0.1, 0.15) is 22.1 Å². The van der Waals surface area contributed by atoms with Crippen LogP contribution in [0.15, 0.2) is 29.5 Å². The number of Topliss-reactive ketones (excluding diaryl/α,β-unsaturated/α-hetero) is 2. The fourth-order valence-electron chi connectivity index (χ4n) is 5.81. The number of carbonyl (C=O) groups excluding carboxylic acids is 3. The molecular formula is C25H26ClNO6. The van der Waals surface area contributed by atoms with Gasteiger partial charge in [-0.05, 0) is 31.6 Å². The summed E-state index contributed by atoms with van der Waals surface area (Å²) in [5.41, 5.74) is -0.437. The number of methoxy groups -OCH3 is 2. The standard InChI is InChI=1S/C25H26ClNO6/c1-12-9-15-19(14(10-18(28)27-15)13-7-5-4-6-8-13)23(29)25(12)24(30)20-16(31-2)11-17(32-3)21(26)22(20)33-25/h4-5,11-14H,6-10H2,1-3H3,(H,27,28)/t12-,13+,14-,25+/m1/s1. The van der Waals surface area contributed by atoms with Crippen molar-refractivity contribution in [3.63, 3.8) is 0 Å². The van der Waals surface area contributed by atoms with Crippen LogP contribution >= 0.6 is 11.6 Å². The van der Waals surface area contributed by atoms with E-state index in [-0.39, 0.29) is 52.0 Å². The van der Waals surface area contributed by atoms with Crippen molar-refractivity contribution >= 4 is 29.1 Å². The van der Waals surface area contributed by atoms with Gasteiger partial charge in [-0.1, -0.05) is 30.7 Å². The van der Waals surface area contributed by atoms with Gasteiger partial charge < -0.3 is 19.5 Å². The smallest absolute Gasteiger partial charge is 0.236 e. The van der Waals surface area contributed by atoms with Gasteiger partial charge in [-0.25, -0.2) is 0 Å². The maximum atomic E-state index is 14.2. The largest absolute Gasteiger partial charge is 0.496 e. The Morgan fingerprint density at radius 3 is 2.52 bits per heavy atom. The molecule has 4 aliphatic rings. The van der Waals surface area contributed by atoms with Gasteiger partial charge in [0.15, 0.2) is 5.75 Å². The van der Waals surface area contributed by atoms with E-state index in [1.807, 2.05) is 0 Å². The molecule has 0 unspecified atom stereocenters. The van der Waals surface area contributed by atoms with E-state index in [2.05, 4.69) is 17.5 Å². The Hall–Kier alpha value is -2.80. The lowest BCUT2D eigenvalue weighted by Gasteiger charge is -2.43. The first-order valence-corrected chi connectivity index (χ1v) is 11.6. The summed E-state index contributed by atoms with van der Waals surface area (Å²) < 4.78 is 17.0. The average molecular weight is 472 g/mol. The summed E-state index contributed by atoms with van der Waals surface area (Å²) >= 11 is 6.51. The molecule has 7 nitrogen and oxygen atoms in total. The number of amides is 1. The van der Waals surface area contributed by atoms with Gasteiger partial charge in [0, 0.05) is 35.6 Å². The lowest BCUT2D eigenvalue weighted by Crippen LogP contribution is -2.59. The van der Waals surface area contributed by atoms with Crippen molar-refractivity contribution in [2.45, 2.75) is 44.6 Å². The quantitative estimate of drug-likeness (QED) is 0.528. The van der Waals surface area contributed by atoms with Gasteiger partial charge in [-0.3, -0.25) is 14.4 Å². The third kappa shape index (κ3) is 3.05. The van der Waals surface area contributed by atoms with Crippen molar-refractivity contribution in [3.8, 4) is 17.2 Å². The number of ketones is 2. The minimum absolute atomic E-state index is 0.0827. The topological polar surface area (TPSA) is 90.9 Å². The normalized spacial score (nSPS) is 30.7. The molecule has 174 valence electrons. The molecule has 1 N–H and O–H groups in total. The average Bonchev–Trinajstić information content (AvgIpc) is 3.13. The Balaban J connectivity index is 1.63. The molecule has 5 rings (SSSR count). The number of nitrogens with one attached hydrogen (secondary N) is 1. The molecule has 0 fully saturated rings. The highest BCUT2D eigenvalue weighted by atomic mass is 35.5. The summed E-state index contributed by atoms with van der Waals surface area (Å²) in [6, 6.07) is 1.53. The molecule has 0 radical (unpaired) electrons. The molecule has 1 aromatic carbocycles.